The molecule has 1 heterocycles. The quantitative estimate of drug-likeness (QED) is 0.883. The monoisotopic (exact) mass is 339 g/mol. The molecule has 1 aromatic carbocycles. The summed E-state index contributed by atoms with van der Waals surface area (Å²) in [4.78, 5) is 14.8. The molecule has 0 bridgehead atoms. The maximum atomic E-state index is 12.7. The minimum atomic E-state index is -3.44. The molecule has 1 saturated heterocycles. The fraction of sp³-hybridized carbons (Fsp3) is 0.562. The maximum Gasteiger partial charge on any atom is 0.242 e. The van der Waals surface area contributed by atoms with Crippen molar-refractivity contribution in [2.45, 2.75) is 30.7 Å². The van der Waals surface area contributed by atoms with E-state index in [2.05, 4.69) is 5.32 Å². The van der Waals surface area contributed by atoms with Crippen molar-refractivity contribution in [2.24, 2.45) is 0 Å². The summed E-state index contributed by atoms with van der Waals surface area (Å²) in [5.74, 6) is -0.200. The summed E-state index contributed by atoms with van der Waals surface area (Å²) >= 11 is 0. The number of amides is 1. The third kappa shape index (κ3) is 3.73. The van der Waals surface area contributed by atoms with Crippen LogP contribution in [0.2, 0.25) is 0 Å². The Morgan fingerprint density at radius 3 is 2.43 bits per heavy atom. The van der Waals surface area contributed by atoms with Crippen LogP contribution >= 0.6 is 0 Å². The van der Waals surface area contributed by atoms with Crippen molar-refractivity contribution in [3.8, 4) is 0 Å². The van der Waals surface area contributed by atoms with Crippen LogP contribution in [-0.4, -0.2) is 63.3 Å². The third-order valence-corrected chi connectivity index (χ3v) is 6.14. The summed E-state index contributed by atoms with van der Waals surface area (Å²) in [6, 6.07) is 6.76. The number of rotatable bonds is 4. The van der Waals surface area contributed by atoms with Gasteiger partial charge in [0.25, 0.3) is 0 Å². The minimum Gasteiger partial charge on any atom is -0.337 e. The highest BCUT2D eigenvalue weighted by Crippen LogP contribution is 2.22. The minimum absolute atomic E-state index is 0.0854. The van der Waals surface area contributed by atoms with Gasteiger partial charge in [-0.1, -0.05) is 12.1 Å². The molecule has 1 aliphatic rings. The van der Waals surface area contributed by atoms with Gasteiger partial charge in [-0.3, -0.25) is 4.79 Å². The molecular formula is C16H25N3O3S. The van der Waals surface area contributed by atoms with Crippen molar-refractivity contribution in [1.82, 2.24) is 14.5 Å². The SMILES string of the molecule is CC(C(=O)N1CCNC[C@@H]1C)c1ccc(S(=O)(=O)N(C)C)cc1. The summed E-state index contributed by atoms with van der Waals surface area (Å²) in [5.41, 5.74) is 0.832. The first-order valence-corrected chi connectivity index (χ1v) is 9.23. The largest absolute Gasteiger partial charge is 0.337 e. The summed E-state index contributed by atoms with van der Waals surface area (Å²) in [7, 11) is -0.437. The number of nitrogens with one attached hydrogen (secondary N) is 1. The molecule has 1 fully saturated rings. The molecular weight excluding hydrogens is 314 g/mol. The molecule has 1 N–H and O–H groups in total. The van der Waals surface area contributed by atoms with Gasteiger partial charge in [-0.05, 0) is 31.5 Å². The van der Waals surface area contributed by atoms with Gasteiger partial charge in [-0.15, -0.1) is 0 Å². The molecule has 6 nitrogen and oxygen atoms in total. The number of carbonyl (C=O) groups excluding carboxylic acids is 1. The van der Waals surface area contributed by atoms with Gasteiger partial charge >= 0.3 is 0 Å². The molecule has 128 valence electrons. The Hall–Kier alpha value is -1.44. The van der Waals surface area contributed by atoms with Gasteiger partial charge in [0.05, 0.1) is 10.8 Å². The first-order chi connectivity index (χ1) is 10.7. The maximum absolute atomic E-state index is 12.7. The number of carbonyl (C=O) groups is 1. The van der Waals surface area contributed by atoms with Gasteiger partial charge in [0.1, 0.15) is 0 Å². The molecule has 23 heavy (non-hydrogen) atoms. The van der Waals surface area contributed by atoms with E-state index < -0.39 is 10.0 Å². The van der Waals surface area contributed by atoms with Crippen molar-refractivity contribution in [2.75, 3.05) is 33.7 Å². The number of benzene rings is 1. The van der Waals surface area contributed by atoms with Crippen LogP contribution in [0.15, 0.2) is 29.2 Å². The van der Waals surface area contributed by atoms with Crippen molar-refractivity contribution >= 4 is 15.9 Å². The second-order valence-electron chi connectivity index (χ2n) is 6.16. The fourth-order valence-electron chi connectivity index (χ4n) is 2.70. The zero-order valence-electron chi connectivity index (χ0n) is 14.1. The van der Waals surface area contributed by atoms with Gasteiger partial charge in [-0.2, -0.15) is 0 Å². The molecule has 0 aliphatic carbocycles. The highest BCUT2D eigenvalue weighted by atomic mass is 32.2. The highest BCUT2D eigenvalue weighted by Gasteiger charge is 2.28. The van der Waals surface area contributed by atoms with Gasteiger partial charge in [0, 0.05) is 39.8 Å². The Morgan fingerprint density at radius 1 is 1.30 bits per heavy atom. The van der Waals surface area contributed by atoms with E-state index in [0.717, 1.165) is 18.7 Å². The molecule has 0 spiro atoms. The zero-order chi connectivity index (χ0) is 17.2. The van der Waals surface area contributed by atoms with E-state index in [1.807, 2.05) is 18.7 Å². The molecule has 0 aromatic heterocycles. The number of hydrogen-bond acceptors (Lipinski definition) is 4. The van der Waals surface area contributed by atoms with Crippen molar-refractivity contribution in [1.29, 1.82) is 0 Å². The van der Waals surface area contributed by atoms with E-state index in [9.17, 15) is 13.2 Å². The van der Waals surface area contributed by atoms with Crippen LogP contribution in [0.25, 0.3) is 0 Å². The van der Waals surface area contributed by atoms with E-state index in [1.165, 1.54) is 18.4 Å². The highest BCUT2D eigenvalue weighted by molar-refractivity contribution is 7.89. The van der Waals surface area contributed by atoms with Gasteiger partial charge < -0.3 is 10.2 Å². The molecule has 2 atom stereocenters. The first kappa shape index (κ1) is 17.9. The zero-order valence-corrected chi connectivity index (χ0v) is 14.9. The van der Waals surface area contributed by atoms with Gasteiger partial charge in [-0.25, -0.2) is 12.7 Å². The number of piperazine rings is 1. The summed E-state index contributed by atoms with van der Waals surface area (Å²) in [6.07, 6.45) is 0. The van der Waals surface area contributed by atoms with Crippen LogP contribution in [0, 0.1) is 0 Å². The van der Waals surface area contributed by atoms with Gasteiger partial charge in [0.2, 0.25) is 15.9 Å². The molecule has 0 radical (unpaired) electrons. The Kier molecular flexibility index (Phi) is 5.44. The van der Waals surface area contributed by atoms with E-state index in [-0.39, 0.29) is 22.8 Å². The molecule has 1 unspecified atom stereocenters. The predicted octanol–water partition coefficient (Wildman–Crippen LogP) is 0.861. The first-order valence-electron chi connectivity index (χ1n) is 7.79. The number of sulfonamides is 1. The van der Waals surface area contributed by atoms with E-state index in [1.54, 1.807) is 24.3 Å². The standard InChI is InChI=1S/C16H25N3O3S/c1-12-11-17-9-10-19(12)16(20)13(2)14-5-7-15(8-6-14)23(21,22)18(3)4/h5-8,12-13,17H,9-11H2,1-4H3/t12-,13?/m0/s1. The summed E-state index contributed by atoms with van der Waals surface area (Å²) < 4.78 is 25.3. The average Bonchev–Trinajstić information content (AvgIpc) is 2.54. The molecule has 1 aromatic rings. The van der Waals surface area contributed by atoms with Crippen molar-refractivity contribution in [3.63, 3.8) is 0 Å². The smallest absolute Gasteiger partial charge is 0.242 e. The van der Waals surface area contributed by atoms with Crippen LogP contribution in [0.4, 0.5) is 0 Å². The second kappa shape index (κ2) is 6.98. The number of hydrogen-bond donors (Lipinski definition) is 1. The Morgan fingerprint density at radius 2 is 1.91 bits per heavy atom. The van der Waals surface area contributed by atoms with Crippen LogP contribution in [0.3, 0.4) is 0 Å². The summed E-state index contributed by atoms with van der Waals surface area (Å²) in [6.45, 7) is 6.22. The van der Waals surface area contributed by atoms with E-state index in [0.29, 0.717) is 6.54 Å². The predicted molar refractivity (Wildman–Crippen MR) is 89.8 cm³/mol. The van der Waals surface area contributed by atoms with Crippen LogP contribution < -0.4 is 5.32 Å². The van der Waals surface area contributed by atoms with Gasteiger partial charge in [0.15, 0.2) is 0 Å². The number of nitrogens with zero attached hydrogens (tertiary/aromatic N) is 2. The molecule has 0 saturated carbocycles. The lowest BCUT2D eigenvalue weighted by atomic mass is 9.98. The topological polar surface area (TPSA) is 69.7 Å². The van der Waals surface area contributed by atoms with Crippen molar-refractivity contribution < 1.29 is 13.2 Å². The lowest BCUT2D eigenvalue weighted by molar-refractivity contribution is -0.135. The Balaban J connectivity index is 2.17. The molecule has 7 heteroatoms. The third-order valence-electron chi connectivity index (χ3n) is 4.31. The fourth-order valence-corrected chi connectivity index (χ4v) is 3.60. The van der Waals surface area contributed by atoms with E-state index >= 15 is 0 Å². The molecule has 1 aliphatic heterocycles. The van der Waals surface area contributed by atoms with Crippen LogP contribution in [-0.2, 0) is 14.8 Å². The molecule has 2 rings (SSSR count). The van der Waals surface area contributed by atoms with E-state index in [4.69, 9.17) is 0 Å². The summed E-state index contributed by atoms with van der Waals surface area (Å²) in [5, 5.41) is 3.27. The Bertz CT molecular complexity index is 656. The normalized spacial score (nSPS) is 20.6. The van der Waals surface area contributed by atoms with Crippen LogP contribution in [0.1, 0.15) is 25.3 Å². The second-order valence-corrected chi connectivity index (χ2v) is 8.31. The lowest BCUT2D eigenvalue weighted by Crippen LogP contribution is -2.53. The average molecular weight is 339 g/mol. The van der Waals surface area contributed by atoms with Crippen LogP contribution in [0.5, 0.6) is 0 Å². The van der Waals surface area contributed by atoms with Crippen molar-refractivity contribution in [3.05, 3.63) is 29.8 Å². The molecule has 1 amide bonds. The lowest BCUT2D eigenvalue weighted by Gasteiger charge is -2.35. The Labute approximate surface area is 138 Å².